The van der Waals surface area contributed by atoms with E-state index in [9.17, 15) is 5.11 Å². The van der Waals surface area contributed by atoms with Gasteiger partial charge in [0, 0.05) is 29.6 Å². The van der Waals surface area contributed by atoms with Gasteiger partial charge in [0.15, 0.2) is 0 Å². The van der Waals surface area contributed by atoms with Crippen LogP contribution in [0, 0.1) is 6.92 Å². The fourth-order valence-corrected chi connectivity index (χ4v) is 3.10. The van der Waals surface area contributed by atoms with Gasteiger partial charge in [-0.05, 0) is 47.5 Å². The molecule has 0 amide bonds. The Balaban J connectivity index is 2.20. The van der Waals surface area contributed by atoms with Gasteiger partial charge >= 0.3 is 0 Å². The smallest absolute Gasteiger partial charge is 0.0602 e. The average molecular weight is 299 g/mol. The van der Waals surface area contributed by atoms with Gasteiger partial charge in [-0.15, -0.1) is 0 Å². The van der Waals surface area contributed by atoms with Gasteiger partial charge in [0.05, 0.1) is 12.3 Å². The Morgan fingerprint density at radius 3 is 2.88 bits per heavy atom. The molecule has 0 spiro atoms. The van der Waals surface area contributed by atoms with Gasteiger partial charge in [-0.25, -0.2) is 0 Å². The van der Waals surface area contributed by atoms with Crippen LogP contribution < -0.4 is 10.2 Å². The minimum atomic E-state index is 0.159. The Morgan fingerprint density at radius 1 is 1.47 bits per heavy atom. The van der Waals surface area contributed by atoms with Gasteiger partial charge in [0.2, 0.25) is 0 Å². The van der Waals surface area contributed by atoms with Crippen LogP contribution in [0.3, 0.4) is 0 Å². The number of piperazine rings is 1. The summed E-state index contributed by atoms with van der Waals surface area (Å²) >= 11 is 3.62. The lowest BCUT2D eigenvalue weighted by Crippen LogP contribution is -2.57. The second-order valence-corrected chi connectivity index (χ2v) is 5.66. The zero-order valence-electron chi connectivity index (χ0n) is 10.3. The van der Waals surface area contributed by atoms with Crippen molar-refractivity contribution >= 4 is 21.6 Å². The highest BCUT2D eigenvalue weighted by Crippen LogP contribution is 2.28. The van der Waals surface area contributed by atoms with Crippen LogP contribution in [0.4, 0.5) is 5.69 Å². The number of benzene rings is 1. The van der Waals surface area contributed by atoms with Crippen LogP contribution in [0.1, 0.15) is 12.5 Å². The van der Waals surface area contributed by atoms with E-state index in [0.717, 1.165) is 17.6 Å². The molecule has 1 fully saturated rings. The van der Waals surface area contributed by atoms with Gasteiger partial charge in [0.25, 0.3) is 0 Å². The third-order valence-corrected chi connectivity index (χ3v) is 3.75. The third-order valence-electron chi connectivity index (χ3n) is 3.12. The van der Waals surface area contributed by atoms with Gasteiger partial charge in [0.1, 0.15) is 0 Å². The molecule has 1 saturated heterocycles. The Morgan fingerprint density at radius 2 is 2.24 bits per heavy atom. The molecule has 1 aliphatic heterocycles. The van der Waals surface area contributed by atoms with Crippen molar-refractivity contribution in [3.63, 3.8) is 0 Å². The number of rotatable bonds is 2. The molecule has 1 aromatic carbocycles. The third kappa shape index (κ3) is 3.00. The standard InChI is InChI=1S/C13H19BrN2O/c1-9-3-4-13(12(14)5-9)16-6-10(2)15-11(7-16)8-17/h3-5,10-11,15,17H,6-8H2,1-2H3. The number of hydrogen-bond acceptors (Lipinski definition) is 3. The topological polar surface area (TPSA) is 35.5 Å². The lowest BCUT2D eigenvalue weighted by molar-refractivity contribution is 0.221. The monoisotopic (exact) mass is 298 g/mol. The average Bonchev–Trinajstić information content (AvgIpc) is 2.28. The molecule has 2 rings (SSSR count). The molecule has 94 valence electrons. The first kappa shape index (κ1) is 12.9. The maximum Gasteiger partial charge on any atom is 0.0602 e. The number of aryl methyl sites for hydroxylation is 1. The van der Waals surface area contributed by atoms with E-state index >= 15 is 0 Å². The Kier molecular flexibility index (Phi) is 4.07. The first-order chi connectivity index (χ1) is 8.10. The predicted octanol–water partition coefficient (Wildman–Crippen LogP) is 1.92. The van der Waals surface area contributed by atoms with Crippen LogP contribution in [-0.2, 0) is 0 Å². The van der Waals surface area contributed by atoms with Crippen molar-refractivity contribution in [2.45, 2.75) is 25.9 Å². The van der Waals surface area contributed by atoms with E-state index in [2.05, 4.69) is 58.2 Å². The van der Waals surface area contributed by atoms with Gasteiger partial charge in [-0.2, -0.15) is 0 Å². The second-order valence-electron chi connectivity index (χ2n) is 4.81. The number of nitrogens with one attached hydrogen (secondary N) is 1. The molecular formula is C13H19BrN2O. The normalized spacial score (nSPS) is 25.1. The highest BCUT2D eigenvalue weighted by atomic mass is 79.9. The first-order valence-electron chi connectivity index (χ1n) is 5.98. The summed E-state index contributed by atoms with van der Waals surface area (Å²) in [6.45, 7) is 6.24. The van der Waals surface area contributed by atoms with E-state index in [4.69, 9.17) is 0 Å². The number of hydrogen-bond donors (Lipinski definition) is 2. The summed E-state index contributed by atoms with van der Waals surface area (Å²) in [5.74, 6) is 0. The van der Waals surface area contributed by atoms with Crippen LogP contribution in [0.25, 0.3) is 0 Å². The van der Waals surface area contributed by atoms with Crippen LogP contribution in [0.5, 0.6) is 0 Å². The molecule has 17 heavy (non-hydrogen) atoms. The van der Waals surface area contributed by atoms with Crippen molar-refractivity contribution in [2.24, 2.45) is 0 Å². The number of anilines is 1. The second kappa shape index (κ2) is 5.38. The SMILES string of the molecule is Cc1ccc(N2CC(C)NC(CO)C2)c(Br)c1. The number of halogens is 1. The van der Waals surface area contributed by atoms with E-state index < -0.39 is 0 Å². The Hall–Kier alpha value is -0.580. The van der Waals surface area contributed by atoms with Crippen LogP contribution in [0.15, 0.2) is 22.7 Å². The fraction of sp³-hybridized carbons (Fsp3) is 0.538. The quantitative estimate of drug-likeness (QED) is 0.876. The Bertz CT molecular complexity index is 397. The molecule has 2 unspecified atom stereocenters. The summed E-state index contributed by atoms with van der Waals surface area (Å²) in [7, 11) is 0. The molecule has 2 N–H and O–H groups in total. The van der Waals surface area contributed by atoms with Crippen LogP contribution >= 0.6 is 15.9 Å². The zero-order valence-corrected chi connectivity index (χ0v) is 11.9. The minimum absolute atomic E-state index is 0.159. The molecule has 0 aliphatic carbocycles. The summed E-state index contributed by atoms with van der Waals surface area (Å²) in [5.41, 5.74) is 2.46. The molecule has 4 heteroatoms. The zero-order chi connectivity index (χ0) is 12.4. The number of aliphatic hydroxyl groups excluding tert-OH is 1. The van der Waals surface area contributed by atoms with Crippen LogP contribution in [-0.4, -0.2) is 36.9 Å². The molecule has 1 aromatic rings. The highest BCUT2D eigenvalue weighted by Gasteiger charge is 2.24. The van der Waals surface area contributed by atoms with Crippen molar-refractivity contribution < 1.29 is 5.11 Å². The minimum Gasteiger partial charge on any atom is -0.395 e. The maximum atomic E-state index is 9.29. The lowest BCUT2D eigenvalue weighted by Gasteiger charge is -2.38. The molecule has 0 radical (unpaired) electrons. The summed E-state index contributed by atoms with van der Waals surface area (Å²) in [6, 6.07) is 6.96. The van der Waals surface area contributed by atoms with Crippen molar-refractivity contribution in [3.05, 3.63) is 28.2 Å². The number of nitrogens with zero attached hydrogens (tertiary/aromatic N) is 1. The molecule has 0 saturated carbocycles. The molecule has 0 bridgehead atoms. The lowest BCUT2D eigenvalue weighted by atomic mass is 10.1. The van der Waals surface area contributed by atoms with Crippen molar-refractivity contribution in [1.29, 1.82) is 0 Å². The van der Waals surface area contributed by atoms with Crippen molar-refractivity contribution in [2.75, 3.05) is 24.6 Å². The molecule has 0 aromatic heterocycles. The largest absolute Gasteiger partial charge is 0.395 e. The molecule has 1 aliphatic rings. The summed E-state index contributed by atoms with van der Waals surface area (Å²) < 4.78 is 1.13. The van der Waals surface area contributed by atoms with Crippen molar-refractivity contribution in [1.82, 2.24) is 5.32 Å². The van der Waals surface area contributed by atoms with Crippen LogP contribution in [0.2, 0.25) is 0 Å². The molecule has 3 nitrogen and oxygen atoms in total. The van der Waals surface area contributed by atoms with Crippen molar-refractivity contribution in [3.8, 4) is 0 Å². The molecule has 1 heterocycles. The first-order valence-corrected chi connectivity index (χ1v) is 6.77. The van der Waals surface area contributed by atoms with E-state index in [1.165, 1.54) is 11.3 Å². The van der Waals surface area contributed by atoms with E-state index in [-0.39, 0.29) is 12.6 Å². The van der Waals surface area contributed by atoms with Gasteiger partial charge < -0.3 is 15.3 Å². The Labute approximate surface area is 111 Å². The summed E-state index contributed by atoms with van der Waals surface area (Å²) in [5, 5.41) is 12.7. The molecular weight excluding hydrogens is 280 g/mol. The predicted molar refractivity (Wildman–Crippen MR) is 74.6 cm³/mol. The van der Waals surface area contributed by atoms with E-state index in [0.29, 0.717) is 6.04 Å². The maximum absolute atomic E-state index is 9.29. The van der Waals surface area contributed by atoms with Gasteiger partial charge in [-0.3, -0.25) is 0 Å². The van der Waals surface area contributed by atoms with E-state index in [1.54, 1.807) is 0 Å². The van der Waals surface area contributed by atoms with Gasteiger partial charge in [-0.1, -0.05) is 6.07 Å². The molecule has 2 atom stereocenters. The summed E-state index contributed by atoms with van der Waals surface area (Å²) in [4.78, 5) is 2.32. The fourth-order valence-electron chi connectivity index (χ4n) is 2.35. The van der Waals surface area contributed by atoms with E-state index in [1.807, 2.05) is 0 Å². The highest BCUT2D eigenvalue weighted by molar-refractivity contribution is 9.10. The number of aliphatic hydroxyl groups is 1. The summed E-state index contributed by atoms with van der Waals surface area (Å²) in [6.07, 6.45) is 0.